The predicted molar refractivity (Wildman–Crippen MR) is 77.8 cm³/mol. The maximum atomic E-state index is 11.8. The lowest BCUT2D eigenvalue weighted by molar-refractivity contribution is 0.200. The van der Waals surface area contributed by atoms with Gasteiger partial charge in [0.1, 0.15) is 0 Å². The molecular weight excluding hydrogens is 226 g/mol. The number of urea groups is 1. The van der Waals surface area contributed by atoms with Crippen molar-refractivity contribution in [3.63, 3.8) is 0 Å². The van der Waals surface area contributed by atoms with E-state index < -0.39 is 0 Å². The van der Waals surface area contributed by atoms with Crippen LogP contribution in [0.1, 0.15) is 42.0 Å². The van der Waals surface area contributed by atoms with Gasteiger partial charge in [-0.15, -0.1) is 0 Å². The zero-order chi connectivity index (χ0) is 13.5. The highest BCUT2D eigenvalue weighted by molar-refractivity contribution is 5.76. The molecule has 2 aliphatic heterocycles. The normalized spacial score (nSPS) is 24.8. The van der Waals surface area contributed by atoms with E-state index in [4.69, 9.17) is 0 Å². The van der Waals surface area contributed by atoms with Gasteiger partial charge in [-0.1, -0.05) is 27.7 Å². The van der Waals surface area contributed by atoms with Crippen LogP contribution < -0.4 is 10.6 Å². The van der Waals surface area contributed by atoms with Crippen molar-refractivity contribution in [2.75, 3.05) is 26.2 Å². The average Bonchev–Trinajstić information content (AvgIpc) is 2.75. The molecule has 4 nitrogen and oxygen atoms in total. The third-order valence-electron chi connectivity index (χ3n) is 3.76. The number of piperidine rings is 1. The molecule has 0 saturated carbocycles. The van der Waals surface area contributed by atoms with Crippen LogP contribution >= 0.6 is 0 Å². The summed E-state index contributed by atoms with van der Waals surface area (Å²) in [4.78, 5) is 13.8. The van der Waals surface area contributed by atoms with E-state index in [0.717, 1.165) is 26.2 Å². The molecule has 108 valence electrons. The average molecular weight is 257 g/mol. The lowest BCUT2D eigenvalue weighted by Crippen LogP contribution is -2.37. The lowest BCUT2D eigenvalue weighted by Gasteiger charge is -2.26. The fourth-order valence-corrected chi connectivity index (χ4v) is 2.53. The van der Waals surface area contributed by atoms with Gasteiger partial charge in [-0.25, -0.2) is 4.79 Å². The lowest BCUT2D eigenvalue weighted by atomic mass is 9.97. The van der Waals surface area contributed by atoms with Crippen LogP contribution in [0.15, 0.2) is 0 Å². The molecular formula is C14H31N3O. The van der Waals surface area contributed by atoms with E-state index in [9.17, 15) is 4.79 Å². The molecule has 2 aliphatic rings. The largest absolute Gasteiger partial charge is 0.333 e. The van der Waals surface area contributed by atoms with Gasteiger partial charge in [0, 0.05) is 14.5 Å². The summed E-state index contributed by atoms with van der Waals surface area (Å²) in [5.74, 6) is 1.22. The predicted octanol–water partition coefficient (Wildman–Crippen LogP) is 2.31. The molecule has 0 bridgehead atoms. The van der Waals surface area contributed by atoms with Crippen molar-refractivity contribution in [2.45, 2.75) is 46.6 Å². The first-order chi connectivity index (χ1) is 8.66. The van der Waals surface area contributed by atoms with Crippen LogP contribution in [0, 0.1) is 11.8 Å². The second-order valence-electron chi connectivity index (χ2n) is 5.40. The van der Waals surface area contributed by atoms with Crippen molar-refractivity contribution in [2.24, 2.45) is 11.8 Å². The van der Waals surface area contributed by atoms with E-state index in [1.165, 1.54) is 12.8 Å². The van der Waals surface area contributed by atoms with E-state index in [2.05, 4.69) is 24.5 Å². The van der Waals surface area contributed by atoms with Crippen LogP contribution in [0.3, 0.4) is 0 Å². The fraction of sp³-hybridized carbons (Fsp3) is 0.929. The zero-order valence-corrected chi connectivity index (χ0v) is 12.3. The Bertz CT molecular complexity index is 255. The minimum atomic E-state index is 0. The number of amides is 2. The number of carbonyl (C=O) groups excluding carboxylic acids is 1. The van der Waals surface area contributed by atoms with Crippen molar-refractivity contribution in [3.8, 4) is 0 Å². The first-order valence-corrected chi connectivity index (χ1v) is 7.43. The molecule has 1 atom stereocenters. The summed E-state index contributed by atoms with van der Waals surface area (Å²) in [7, 11) is 0. The second kappa shape index (κ2) is 7.62. The fourth-order valence-electron chi connectivity index (χ4n) is 2.53. The summed E-state index contributed by atoms with van der Waals surface area (Å²) in [6.45, 7) is 12.4. The Balaban J connectivity index is 0.00000103. The number of hydrogen-bond acceptors (Lipinski definition) is 2. The van der Waals surface area contributed by atoms with Gasteiger partial charge in [-0.05, 0) is 37.8 Å². The van der Waals surface area contributed by atoms with Gasteiger partial charge >= 0.3 is 6.03 Å². The molecule has 2 saturated heterocycles. The maximum Gasteiger partial charge on any atom is 0.317 e. The Labute approximate surface area is 113 Å². The van der Waals surface area contributed by atoms with Crippen LogP contribution in [-0.4, -0.2) is 43.2 Å². The van der Waals surface area contributed by atoms with Crippen LogP contribution in [0.4, 0.5) is 4.79 Å². The SMILES string of the molecule is CC.CC(C)C1CN(CC2CCNCC2)C(=O)N1.[HH]. The van der Waals surface area contributed by atoms with E-state index in [1.807, 2.05) is 18.7 Å². The molecule has 2 amide bonds. The molecule has 2 fully saturated rings. The quantitative estimate of drug-likeness (QED) is 0.815. The van der Waals surface area contributed by atoms with Gasteiger partial charge in [0.15, 0.2) is 0 Å². The Morgan fingerprint density at radius 1 is 1.33 bits per heavy atom. The monoisotopic (exact) mass is 257 g/mol. The number of hydrogen-bond donors (Lipinski definition) is 2. The van der Waals surface area contributed by atoms with Crippen molar-refractivity contribution in [1.82, 2.24) is 15.5 Å². The molecule has 1 unspecified atom stereocenters. The van der Waals surface area contributed by atoms with E-state index in [1.54, 1.807) is 0 Å². The Morgan fingerprint density at radius 3 is 2.44 bits per heavy atom. The second-order valence-corrected chi connectivity index (χ2v) is 5.40. The highest BCUT2D eigenvalue weighted by Gasteiger charge is 2.31. The molecule has 4 heteroatoms. The molecule has 0 aromatic rings. The van der Waals surface area contributed by atoms with E-state index >= 15 is 0 Å². The summed E-state index contributed by atoms with van der Waals surface area (Å²) >= 11 is 0. The minimum Gasteiger partial charge on any atom is -0.333 e. The van der Waals surface area contributed by atoms with Gasteiger partial charge in [-0.2, -0.15) is 0 Å². The van der Waals surface area contributed by atoms with Gasteiger partial charge in [0.05, 0.1) is 6.04 Å². The van der Waals surface area contributed by atoms with E-state index in [-0.39, 0.29) is 7.46 Å². The van der Waals surface area contributed by atoms with Gasteiger partial charge in [0.2, 0.25) is 0 Å². The van der Waals surface area contributed by atoms with Gasteiger partial charge in [0.25, 0.3) is 0 Å². The number of nitrogens with zero attached hydrogens (tertiary/aromatic N) is 1. The van der Waals surface area contributed by atoms with Crippen molar-refractivity contribution >= 4 is 6.03 Å². The van der Waals surface area contributed by atoms with Gasteiger partial charge in [-0.3, -0.25) is 0 Å². The van der Waals surface area contributed by atoms with Crippen LogP contribution in [-0.2, 0) is 0 Å². The maximum absolute atomic E-state index is 11.8. The summed E-state index contributed by atoms with van der Waals surface area (Å²) in [5.41, 5.74) is 0. The first-order valence-electron chi connectivity index (χ1n) is 7.43. The van der Waals surface area contributed by atoms with Crippen LogP contribution in [0.25, 0.3) is 0 Å². The topological polar surface area (TPSA) is 44.4 Å². The summed E-state index contributed by atoms with van der Waals surface area (Å²) in [5, 5.41) is 6.42. The molecule has 18 heavy (non-hydrogen) atoms. The Morgan fingerprint density at radius 2 is 1.94 bits per heavy atom. The van der Waals surface area contributed by atoms with E-state index in [0.29, 0.717) is 17.9 Å². The molecule has 2 heterocycles. The first kappa shape index (κ1) is 15.3. The van der Waals surface area contributed by atoms with Crippen molar-refractivity contribution in [1.29, 1.82) is 0 Å². The van der Waals surface area contributed by atoms with Gasteiger partial charge < -0.3 is 15.5 Å². The summed E-state index contributed by atoms with van der Waals surface area (Å²) in [6, 6.07) is 0.478. The smallest absolute Gasteiger partial charge is 0.317 e. The highest BCUT2D eigenvalue weighted by Crippen LogP contribution is 2.18. The minimum absolute atomic E-state index is 0. The third-order valence-corrected chi connectivity index (χ3v) is 3.76. The number of nitrogens with one attached hydrogen (secondary N) is 2. The molecule has 0 spiro atoms. The summed E-state index contributed by atoms with van der Waals surface area (Å²) in [6.07, 6.45) is 2.41. The van der Waals surface area contributed by atoms with Crippen LogP contribution in [0.5, 0.6) is 0 Å². The third kappa shape index (κ3) is 4.16. The Kier molecular flexibility index (Phi) is 6.47. The molecule has 0 aromatic heterocycles. The molecule has 2 rings (SSSR count). The van der Waals surface area contributed by atoms with Crippen molar-refractivity contribution in [3.05, 3.63) is 0 Å². The summed E-state index contributed by atoms with van der Waals surface area (Å²) < 4.78 is 0. The number of carbonyl (C=O) groups is 1. The molecule has 2 N–H and O–H groups in total. The Hall–Kier alpha value is -0.770. The number of rotatable bonds is 3. The standard InChI is InChI=1S/C12H23N3O.C2H6.H2/c1-9(2)11-8-15(12(16)14-11)7-10-3-5-13-6-4-10;1-2;/h9-11,13H,3-8H2,1-2H3,(H,14,16);1-2H3;1H. The van der Waals surface area contributed by atoms with Crippen LogP contribution in [0.2, 0.25) is 0 Å². The molecule has 0 aliphatic carbocycles. The molecule has 0 radical (unpaired) electrons. The highest BCUT2D eigenvalue weighted by atomic mass is 16.2. The molecule has 0 aromatic carbocycles. The van der Waals surface area contributed by atoms with Crippen molar-refractivity contribution < 1.29 is 6.22 Å². The zero-order valence-electron chi connectivity index (χ0n) is 12.3.